The number of halogens is 4. The molecule has 4 aliphatic heterocycles. The van der Waals surface area contributed by atoms with Crippen LogP contribution in [0.15, 0.2) is 44.1 Å². The van der Waals surface area contributed by atoms with Gasteiger partial charge in [0.2, 0.25) is 0 Å². The van der Waals surface area contributed by atoms with Gasteiger partial charge < -0.3 is 0 Å². The molecule has 0 radical (unpaired) electrons. The molecule has 0 aromatic heterocycles. The predicted octanol–water partition coefficient (Wildman–Crippen LogP) is 4.10. The van der Waals surface area contributed by atoms with Crippen molar-refractivity contribution < 1.29 is 27.4 Å². The van der Waals surface area contributed by atoms with Crippen LogP contribution in [0.1, 0.15) is 24.8 Å². The van der Waals surface area contributed by atoms with Crippen molar-refractivity contribution in [2.75, 3.05) is 31.2 Å². The van der Waals surface area contributed by atoms with Crippen molar-refractivity contribution in [3.63, 3.8) is 0 Å². The van der Waals surface area contributed by atoms with E-state index in [-0.39, 0.29) is 9.80 Å². The van der Waals surface area contributed by atoms with Gasteiger partial charge in [-0.2, -0.15) is 0 Å². The van der Waals surface area contributed by atoms with E-state index in [1.165, 1.54) is 24.6 Å². The molecule has 7 nitrogen and oxygen atoms in total. The minimum absolute atomic E-state index is 0.143. The number of nitrogens with zero attached hydrogens (tertiary/aromatic N) is 4. The van der Waals surface area contributed by atoms with Gasteiger partial charge in [-0.1, -0.05) is 0 Å². The monoisotopic (exact) mass is 550 g/mol. The molecule has 1 unspecified atom stereocenters. The molecule has 0 saturated carbocycles. The van der Waals surface area contributed by atoms with Gasteiger partial charge in [0.05, 0.1) is 0 Å². The van der Waals surface area contributed by atoms with Crippen LogP contribution < -0.4 is 4.74 Å². The van der Waals surface area contributed by atoms with E-state index in [9.17, 15) is 13.2 Å². The number of rotatable bonds is 2. The second-order valence-corrected chi connectivity index (χ2v) is 11.9. The molecule has 31 heavy (non-hydrogen) atoms. The number of hydrogen-bond donors (Lipinski definition) is 0. The minimum atomic E-state index is -4.75. The molecule has 11 heteroatoms. The first-order chi connectivity index (χ1) is 14.9. The molecule has 0 amide bonds. The average molecular weight is 550 g/mol. The van der Waals surface area contributed by atoms with Gasteiger partial charge in [-0.15, -0.1) is 0 Å². The number of fused-ring (bicyclic) bond motifs is 2. The molecule has 0 aliphatic carbocycles. The Hall–Kier alpha value is -2.18. The quantitative estimate of drug-likeness (QED) is 0.316. The summed E-state index contributed by atoms with van der Waals surface area (Å²) in [4.78, 5) is 4.30. The zero-order valence-electron chi connectivity index (χ0n) is 16.9. The Balaban J connectivity index is 1.52. The summed E-state index contributed by atoms with van der Waals surface area (Å²) in [5.41, 5.74) is 0.538. The van der Waals surface area contributed by atoms with Crippen molar-refractivity contribution in [2.45, 2.75) is 29.7 Å². The third-order valence-electron chi connectivity index (χ3n) is 5.36. The number of piperidine rings is 1. The molecule has 168 valence electrons. The second-order valence-electron chi connectivity index (χ2n) is 7.51. The third-order valence-corrected chi connectivity index (χ3v) is 9.38. The van der Waals surface area contributed by atoms with E-state index in [4.69, 9.17) is 17.8 Å². The Morgan fingerprint density at radius 1 is 1.10 bits per heavy atom. The molecule has 1 aromatic carbocycles. The van der Waals surface area contributed by atoms with Crippen LogP contribution in [-0.2, 0) is 9.47 Å². The van der Waals surface area contributed by atoms with Crippen LogP contribution in [0, 0.1) is 0 Å². The molecule has 0 bridgehead atoms. The number of amidine groups is 2. The van der Waals surface area contributed by atoms with Gasteiger partial charge in [0.1, 0.15) is 0 Å². The Morgan fingerprint density at radius 3 is 2.65 bits per heavy atom. The van der Waals surface area contributed by atoms with E-state index in [1.807, 2.05) is 5.01 Å². The molecule has 5 rings (SSSR count). The SMILES string of the molecule is CI1N=C(c2cccc(OC(F)(F)F)c2)N2N=C(N3CCCCC3)C3=C(OCCO3)C21. The van der Waals surface area contributed by atoms with Gasteiger partial charge in [0.25, 0.3) is 0 Å². The van der Waals surface area contributed by atoms with Crippen LogP contribution in [0.2, 0.25) is 0 Å². The first kappa shape index (κ1) is 20.7. The average Bonchev–Trinajstić information content (AvgIpc) is 3.09. The molecule has 1 atom stereocenters. The summed E-state index contributed by atoms with van der Waals surface area (Å²) < 4.78 is 59.0. The summed E-state index contributed by atoms with van der Waals surface area (Å²) in [6.07, 6.45) is -1.41. The van der Waals surface area contributed by atoms with E-state index >= 15 is 0 Å². The number of hydrogen-bond acceptors (Lipinski definition) is 7. The van der Waals surface area contributed by atoms with E-state index < -0.39 is 26.5 Å². The van der Waals surface area contributed by atoms with E-state index in [0.717, 1.165) is 37.5 Å². The van der Waals surface area contributed by atoms with Gasteiger partial charge in [0.15, 0.2) is 0 Å². The standard InChI is InChI=1S/C20H22F3IN4O3/c1-24-17-15-16(30-11-10-29-15)19(27-8-3-2-4-9-27)26-28(17)18(25-24)13-6-5-7-14(12-13)31-20(21,22)23/h5-7,12,17H,2-4,8-11H2,1H3. The molecule has 4 aliphatic rings. The maximum absolute atomic E-state index is 12.7. The fourth-order valence-corrected chi connectivity index (χ4v) is 7.98. The van der Waals surface area contributed by atoms with Crippen molar-refractivity contribution in [1.29, 1.82) is 0 Å². The molecule has 1 fully saturated rings. The number of hydrazone groups is 1. The van der Waals surface area contributed by atoms with E-state index in [0.29, 0.717) is 30.4 Å². The number of benzene rings is 1. The normalized spacial score (nSPS) is 24.6. The van der Waals surface area contributed by atoms with Crippen molar-refractivity contribution >= 4 is 31.8 Å². The zero-order valence-corrected chi connectivity index (χ0v) is 19.0. The Kier molecular flexibility index (Phi) is 5.39. The van der Waals surface area contributed by atoms with Crippen molar-refractivity contribution in [1.82, 2.24) is 9.91 Å². The Morgan fingerprint density at radius 2 is 1.87 bits per heavy atom. The number of alkyl halides is 5. The first-order valence-electron chi connectivity index (χ1n) is 10.1. The summed E-state index contributed by atoms with van der Waals surface area (Å²) >= 11 is -1.98. The second kappa shape index (κ2) is 8.06. The van der Waals surface area contributed by atoms with E-state index in [2.05, 4.69) is 14.6 Å². The fourth-order valence-electron chi connectivity index (χ4n) is 4.06. The molecule has 0 spiro atoms. The van der Waals surface area contributed by atoms with Crippen molar-refractivity contribution in [3.8, 4) is 5.75 Å². The number of likely N-dealkylation sites (tertiary alicyclic amines) is 1. The van der Waals surface area contributed by atoms with Crippen LogP contribution in [0.25, 0.3) is 0 Å². The van der Waals surface area contributed by atoms with Gasteiger partial charge in [-0.3, -0.25) is 0 Å². The van der Waals surface area contributed by atoms with Gasteiger partial charge in [-0.25, -0.2) is 0 Å². The maximum atomic E-state index is 12.7. The fraction of sp³-hybridized carbons (Fsp3) is 0.500. The van der Waals surface area contributed by atoms with Gasteiger partial charge in [0, 0.05) is 0 Å². The van der Waals surface area contributed by atoms with Gasteiger partial charge in [-0.05, 0) is 0 Å². The van der Waals surface area contributed by atoms with Crippen LogP contribution in [0.4, 0.5) is 13.2 Å². The number of ether oxygens (including phenoxy) is 3. The molecular formula is C20H22F3IN4O3. The van der Waals surface area contributed by atoms with Crippen molar-refractivity contribution in [3.05, 3.63) is 41.3 Å². The van der Waals surface area contributed by atoms with Crippen LogP contribution in [-0.4, -0.2) is 63.2 Å². The molecule has 4 heterocycles. The summed E-state index contributed by atoms with van der Waals surface area (Å²) in [6.45, 7) is 2.70. The Bertz CT molecular complexity index is 959. The summed E-state index contributed by atoms with van der Waals surface area (Å²) in [5, 5.41) is 6.75. The van der Waals surface area contributed by atoms with Crippen LogP contribution in [0.5, 0.6) is 5.75 Å². The molecule has 1 saturated heterocycles. The van der Waals surface area contributed by atoms with Gasteiger partial charge >= 0.3 is 185 Å². The predicted molar refractivity (Wildman–Crippen MR) is 117 cm³/mol. The summed E-state index contributed by atoms with van der Waals surface area (Å²) in [5.74, 6) is 2.47. The summed E-state index contributed by atoms with van der Waals surface area (Å²) in [7, 11) is 0. The topological polar surface area (TPSA) is 58.9 Å². The molecular weight excluding hydrogens is 528 g/mol. The van der Waals surface area contributed by atoms with Crippen molar-refractivity contribution in [2.24, 2.45) is 8.31 Å². The molecule has 1 aromatic rings. The van der Waals surface area contributed by atoms with Crippen LogP contribution in [0.3, 0.4) is 0 Å². The zero-order chi connectivity index (χ0) is 21.6. The Labute approximate surface area is 185 Å². The third kappa shape index (κ3) is 4.03. The first-order valence-corrected chi connectivity index (χ1v) is 14.4. The van der Waals surface area contributed by atoms with Crippen LogP contribution >= 0.6 is 20.1 Å². The molecule has 0 N–H and O–H groups in total. The van der Waals surface area contributed by atoms with E-state index in [1.54, 1.807) is 6.07 Å². The summed E-state index contributed by atoms with van der Waals surface area (Å²) in [6, 6.07) is 5.90.